The summed E-state index contributed by atoms with van der Waals surface area (Å²) in [5.74, 6) is 1.06. The Morgan fingerprint density at radius 2 is 1.91 bits per heavy atom. The topological polar surface area (TPSA) is 62.2 Å². The third-order valence-electron chi connectivity index (χ3n) is 7.75. The van der Waals surface area contributed by atoms with Gasteiger partial charge in [-0.2, -0.15) is 0 Å². The zero-order valence-corrected chi connectivity index (χ0v) is 21.6. The minimum atomic E-state index is -0.628. The second-order valence-electron chi connectivity index (χ2n) is 10.9. The predicted octanol–water partition coefficient (Wildman–Crippen LogP) is 3.62. The molecule has 0 radical (unpaired) electrons. The van der Waals surface area contributed by atoms with E-state index in [-0.39, 0.29) is 5.91 Å². The molecule has 2 saturated heterocycles. The quantitative estimate of drug-likeness (QED) is 0.654. The number of rotatable bonds is 7. The van der Waals surface area contributed by atoms with Crippen molar-refractivity contribution in [3.63, 3.8) is 0 Å². The van der Waals surface area contributed by atoms with Gasteiger partial charge in [-0.3, -0.25) is 4.79 Å². The van der Waals surface area contributed by atoms with E-state index in [9.17, 15) is 9.90 Å². The van der Waals surface area contributed by atoms with E-state index in [0.29, 0.717) is 51.2 Å². The first-order chi connectivity index (χ1) is 16.4. The predicted molar refractivity (Wildman–Crippen MR) is 136 cm³/mol. The molecule has 6 heteroatoms. The Labute approximate surface area is 206 Å². The lowest BCUT2D eigenvalue weighted by Crippen LogP contribution is -2.47. The Kier molecular flexibility index (Phi) is 10.8. The van der Waals surface area contributed by atoms with Crippen molar-refractivity contribution in [2.24, 2.45) is 17.3 Å². The number of benzene rings is 1. The molecule has 3 rings (SSSR count). The first kappa shape index (κ1) is 27.1. The highest BCUT2D eigenvalue weighted by Crippen LogP contribution is 2.32. The van der Waals surface area contributed by atoms with Gasteiger partial charge in [-0.15, -0.1) is 0 Å². The molecule has 1 aromatic rings. The van der Waals surface area contributed by atoms with E-state index in [1.54, 1.807) is 7.11 Å². The summed E-state index contributed by atoms with van der Waals surface area (Å²) in [4.78, 5) is 17.8. The van der Waals surface area contributed by atoms with E-state index in [0.717, 1.165) is 45.3 Å². The molecule has 6 nitrogen and oxygen atoms in total. The minimum absolute atomic E-state index is 0.152. The highest BCUT2D eigenvalue weighted by Gasteiger charge is 2.35. The second-order valence-corrected chi connectivity index (χ2v) is 10.9. The third kappa shape index (κ3) is 8.33. The fraction of sp³-hybridized carbons (Fsp3) is 0.750. The molecule has 1 amide bonds. The third-order valence-corrected chi connectivity index (χ3v) is 7.75. The van der Waals surface area contributed by atoms with E-state index in [2.05, 4.69) is 35.2 Å². The number of amides is 1. The van der Waals surface area contributed by atoms with Crippen molar-refractivity contribution in [3.05, 3.63) is 35.9 Å². The number of hydrogen-bond acceptors (Lipinski definition) is 5. The molecule has 0 aromatic heterocycles. The molecule has 34 heavy (non-hydrogen) atoms. The molecule has 2 fully saturated rings. The van der Waals surface area contributed by atoms with Crippen molar-refractivity contribution in [3.8, 4) is 0 Å². The van der Waals surface area contributed by atoms with Crippen LogP contribution >= 0.6 is 0 Å². The molecule has 0 spiro atoms. The number of carbonyl (C=O) groups is 1. The molecule has 192 valence electrons. The summed E-state index contributed by atoms with van der Waals surface area (Å²) in [6.45, 7) is 9.84. The van der Waals surface area contributed by atoms with E-state index in [4.69, 9.17) is 9.47 Å². The number of fused-ring (bicyclic) bond motifs is 1. The Hall–Kier alpha value is -1.47. The number of aliphatic hydroxyl groups excluding tert-OH is 1. The monoisotopic (exact) mass is 474 g/mol. The van der Waals surface area contributed by atoms with E-state index < -0.39 is 11.5 Å². The number of nitrogens with zero attached hydrogens (tertiary/aromatic N) is 2. The molecular weight excluding hydrogens is 428 g/mol. The normalized spacial score (nSPS) is 27.4. The lowest BCUT2D eigenvalue weighted by Gasteiger charge is -2.39. The smallest absolute Gasteiger partial charge is 0.223 e. The van der Waals surface area contributed by atoms with Gasteiger partial charge in [0.2, 0.25) is 5.91 Å². The summed E-state index contributed by atoms with van der Waals surface area (Å²) >= 11 is 0. The van der Waals surface area contributed by atoms with Crippen molar-refractivity contribution in [1.29, 1.82) is 0 Å². The summed E-state index contributed by atoms with van der Waals surface area (Å²) in [5, 5.41) is 10.9. The molecular formula is C28H46N2O4. The maximum atomic E-state index is 13.4. The number of aryl methyl sites for hydroxylation is 1. The summed E-state index contributed by atoms with van der Waals surface area (Å²) in [5.41, 5.74) is 1.01. The number of ether oxygens (including phenoxy) is 2. The highest BCUT2D eigenvalue weighted by atomic mass is 16.5. The molecule has 0 saturated carbocycles. The fourth-order valence-electron chi connectivity index (χ4n) is 5.31. The second kappa shape index (κ2) is 13.6. The van der Waals surface area contributed by atoms with Gasteiger partial charge in [-0.1, -0.05) is 44.2 Å². The van der Waals surface area contributed by atoms with Crippen LogP contribution < -0.4 is 0 Å². The van der Waals surface area contributed by atoms with Crippen LogP contribution in [0.1, 0.15) is 51.5 Å². The molecule has 3 atom stereocenters. The molecule has 1 N–H and O–H groups in total. The molecule has 0 bridgehead atoms. The van der Waals surface area contributed by atoms with Crippen LogP contribution in [-0.2, 0) is 20.7 Å². The summed E-state index contributed by atoms with van der Waals surface area (Å²) in [6.07, 6.45) is 5.39. The average Bonchev–Trinajstić information content (AvgIpc) is 2.83. The van der Waals surface area contributed by atoms with Gasteiger partial charge >= 0.3 is 0 Å². The van der Waals surface area contributed by atoms with Gasteiger partial charge in [0.1, 0.15) is 0 Å². The lowest BCUT2D eigenvalue weighted by molar-refractivity contribution is -0.137. The fourth-order valence-corrected chi connectivity index (χ4v) is 5.31. The van der Waals surface area contributed by atoms with Crippen molar-refractivity contribution in [2.45, 2.75) is 58.5 Å². The van der Waals surface area contributed by atoms with Crippen LogP contribution in [0, 0.1) is 17.3 Å². The van der Waals surface area contributed by atoms with Gasteiger partial charge in [0.25, 0.3) is 0 Å². The molecule has 2 aliphatic heterocycles. The molecule has 2 aliphatic rings. The minimum Gasteiger partial charge on any atom is -0.391 e. The maximum absolute atomic E-state index is 13.4. The van der Waals surface area contributed by atoms with Gasteiger partial charge in [0.05, 0.1) is 19.3 Å². The summed E-state index contributed by atoms with van der Waals surface area (Å²) in [6, 6.07) is 10.7. The van der Waals surface area contributed by atoms with Crippen molar-refractivity contribution >= 4 is 5.91 Å². The Morgan fingerprint density at radius 3 is 2.68 bits per heavy atom. The van der Waals surface area contributed by atoms with E-state index >= 15 is 0 Å². The number of β-amino-alcohol motifs (C(OH)–C–C–N with tert-alkyl or cyclic N) is 1. The van der Waals surface area contributed by atoms with Crippen molar-refractivity contribution in [2.75, 3.05) is 59.7 Å². The SMILES string of the molecule is COCCN1C[C@H](O)C(C)(C)COCCC[C@H]2CN(CCCc3ccccc3)CC[C@H]2CC1=O. The Bertz CT molecular complexity index is 726. The highest BCUT2D eigenvalue weighted by molar-refractivity contribution is 5.76. The van der Waals surface area contributed by atoms with Gasteiger partial charge < -0.3 is 24.4 Å². The van der Waals surface area contributed by atoms with Crippen LogP contribution in [0.25, 0.3) is 0 Å². The van der Waals surface area contributed by atoms with Crippen LogP contribution in [0.3, 0.4) is 0 Å². The summed E-state index contributed by atoms with van der Waals surface area (Å²) in [7, 11) is 1.66. The maximum Gasteiger partial charge on any atom is 0.223 e. The molecule has 0 unspecified atom stereocenters. The number of methoxy groups -OCH3 is 1. The summed E-state index contributed by atoms with van der Waals surface area (Å²) < 4.78 is 11.3. The lowest BCUT2D eigenvalue weighted by atomic mass is 9.80. The number of likely N-dealkylation sites (tertiary alicyclic amines) is 1. The van der Waals surface area contributed by atoms with E-state index in [1.807, 2.05) is 18.7 Å². The van der Waals surface area contributed by atoms with Crippen LogP contribution in [0.5, 0.6) is 0 Å². The van der Waals surface area contributed by atoms with Gasteiger partial charge in [-0.05, 0) is 62.6 Å². The van der Waals surface area contributed by atoms with Crippen LogP contribution in [-0.4, -0.2) is 86.6 Å². The average molecular weight is 475 g/mol. The zero-order valence-electron chi connectivity index (χ0n) is 21.6. The molecule has 1 aromatic carbocycles. The molecule has 0 aliphatic carbocycles. The largest absolute Gasteiger partial charge is 0.391 e. The van der Waals surface area contributed by atoms with Gasteiger partial charge in [0.15, 0.2) is 0 Å². The first-order valence-corrected chi connectivity index (χ1v) is 13.2. The number of hydrogen-bond donors (Lipinski definition) is 1. The van der Waals surface area contributed by atoms with Crippen LogP contribution in [0.15, 0.2) is 30.3 Å². The Balaban J connectivity index is 1.61. The molecule has 2 heterocycles. The van der Waals surface area contributed by atoms with Crippen molar-refractivity contribution < 1.29 is 19.4 Å². The standard InChI is InChI=1S/C28H46N2O4/c1-28(2)22-34-17-8-12-25-20-29(14-7-11-23-9-5-4-6-10-23)15-13-24(25)19-27(32)30(16-18-33-3)21-26(28)31/h4-6,9-10,24-26,31H,7-8,11-22H2,1-3H3/t24-,25-,26-/m0/s1. The number of carbonyl (C=O) groups excluding carboxylic acids is 1. The van der Waals surface area contributed by atoms with Crippen molar-refractivity contribution in [1.82, 2.24) is 9.80 Å². The van der Waals surface area contributed by atoms with Gasteiger partial charge in [0, 0.05) is 45.2 Å². The first-order valence-electron chi connectivity index (χ1n) is 13.2. The Morgan fingerprint density at radius 1 is 1.12 bits per heavy atom. The van der Waals surface area contributed by atoms with E-state index in [1.165, 1.54) is 12.0 Å². The number of aliphatic hydroxyl groups is 1. The number of piperidine rings is 1. The van der Waals surface area contributed by atoms with Crippen LogP contribution in [0.4, 0.5) is 0 Å². The van der Waals surface area contributed by atoms with Crippen LogP contribution in [0.2, 0.25) is 0 Å². The van der Waals surface area contributed by atoms with Gasteiger partial charge in [-0.25, -0.2) is 0 Å². The zero-order chi connectivity index (χ0) is 24.4.